The van der Waals surface area contributed by atoms with Gasteiger partial charge in [0.25, 0.3) is 16.0 Å². The third kappa shape index (κ3) is 7.98. The molecule has 8 nitrogen and oxygen atoms in total. The minimum Gasteiger partial charge on any atom is -0.467 e. The molecule has 1 aromatic heterocycles. The molecular formula is C21H24BrF2N3O5S. The Balaban J connectivity index is 1.46. The van der Waals surface area contributed by atoms with Crippen LogP contribution in [0.3, 0.4) is 0 Å². The standard InChI is InChI=1S/C21H24BrF2N3O5S/c22-17-12-16(4-10-33(29,30)31)21(25-13-17)32-14-20(28)27-8-6-26(7-9-27)5-3-15-1-2-18(23)19(24)11-15/h1-2,11-13H,3-10,14H2,(H,29,30,31). The van der Waals surface area contributed by atoms with Crippen LogP contribution in [0.15, 0.2) is 34.9 Å². The molecule has 0 spiro atoms. The van der Waals surface area contributed by atoms with Gasteiger partial charge in [-0.1, -0.05) is 6.07 Å². The zero-order valence-electron chi connectivity index (χ0n) is 17.7. The van der Waals surface area contributed by atoms with Gasteiger partial charge in [0, 0.05) is 49.0 Å². The molecule has 2 heterocycles. The Bertz CT molecular complexity index is 1100. The molecule has 1 saturated heterocycles. The lowest BCUT2D eigenvalue weighted by molar-refractivity contribution is -0.135. The molecule has 0 atom stereocenters. The third-order valence-electron chi connectivity index (χ3n) is 5.28. The van der Waals surface area contributed by atoms with Crippen LogP contribution >= 0.6 is 15.9 Å². The number of hydrogen-bond donors (Lipinski definition) is 1. The first-order chi connectivity index (χ1) is 15.6. The highest BCUT2D eigenvalue weighted by Crippen LogP contribution is 2.21. The first-order valence-corrected chi connectivity index (χ1v) is 12.7. The average Bonchev–Trinajstić information content (AvgIpc) is 2.77. The number of aryl methyl sites for hydroxylation is 1. The van der Waals surface area contributed by atoms with E-state index in [2.05, 4.69) is 25.8 Å². The van der Waals surface area contributed by atoms with E-state index in [1.807, 2.05) is 0 Å². The van der Waals surface area contributed by atoms with Crippen molar-refractivity contribution in [2.24, 2.45) is 0 Å². The lowest BCUT2D eigenvalue weighted by atomic mass is 10.1. The van der Waals surface area contributed by atoms with Gasteiger partial charge in [0.1, 0.15) is 0 Å². The van der Waals surface area contributed by atoms with Crippen LogP contribution in [0.2, 0.25) is 0 Å². The minimum atomic E-state index is -4.15. The number of amides is 1. The predicted molar refractivity (Wildman–Crippen MR) is 121 cm³/mol. The molecule has 0 unspecified atom stereocenters. The van der Waals surface area contributed by atoms with Gasteiger partial charge >= 0.3 is 0 Å². The molecule has 1 N–H and O–H groups in total. The van der Waals surface area contributed by atoms with E-state index >= 15 is 0 Å². The number of pyridine rings is 1. The third-order valence-corrected chi connectivity index (χ3v) is 6.43. The molecular weight excluding hydrogens is 524 g/mol. The molecule has 180 valence electrons. The molecule has 1 aliphatic heterocycles. The van der Waals surface area contributed by atoms with Crippen LogP contribution in [0.1, 0.15) is 11.1 Å². The molecule has 33 heavy (non-hydrogen) atoms. The van der Waals surface area contributed by atoms with Crippen molar-refractivity contribution in [3.63, 3.8) is 0 Å². The number of nitrogens with zero attached hydrogens (tertiary/aromatic N) is 3. The highest BCUT2D eigenvalue weighted by molar-refractivity contribution is 9.10. The Kier molecular flexibility index (Phi) is 8.74. The molecule has 0 saturated carbocycles. The number of rotatable bonds is 9. The summed E-state index contributed by atoms with van der Waals surface area (Å²) in [7, 11) is -4.15. The van der Waals surface area contributed by atoms with E-state index in [1.165, 1.54) is 12.3 Å². The smallest absolute Gasteiger partial charge is 0.265 e. The number of carbonyl (C=O) groups excluding carboxylic acids is 1. The summed E-state index contributed by atoms with van der Waals surface area (Å²) in [4.78, 5) is 20.5. The summed E-state index contributed by atoms with van der Waals surface area (Å²) in [5, 5.41) is 0. The quantitative estimate of drug-likeness (QED) is 0.481. The average molecular weight is 548 g/mol. The van der Waals surface area contributed by atoms with Gasteiger partial charge in [-0.05, 0) is 52.5 Å². The fraction of sp³-hybridized carbons (Fsp3) is 0.429. The molecule has 0 bridgehead atoms. The van der Waals surface area contributed by atoms with Gasteiger partial charge in [0.2, 0.25) is 5.88 Å². The SMILES string of the molecule is O=C(COc1ncc(Br)cc1CCS(=O)(=O)O)N1CCN(CCc2ccc(F)c(F)c2)CC1. The number of halogens is 3. The summed E-state index contributed by atoms with van der Waals surface area (Å²) in [6.07, 6.45) is 2.05. The van der Waals surface area contributed by atoms with E-state index in [1.54, 1.807) is 17.0 Å². The van der Waals surface area contributed by atoms with Crippen molar-refractivity contribution in [2.45, 2.75) is 12.8 Å². The van der Waals surface area contributed by atoms with Crippen molar-refractivity contribution < 1.29 is 31.3 Å². The molecule has 1 amide bonds. The van der Waals surface area contributed by atoms with Crippen LogP contribution < -0.4 is 4.74 Å². The largest absolute Gasteiger partial charge is 0.467 e. The maximum Gasteiger partial charge on any atom is 0.265 e. The second-order valence-electron chi connectivity index (χ2n) is 7.66. The number of hydrogen-bond acceptors (Lipinski definition) is 6. The van der Waals surface area contributed by atoms with Crippen molar-refractivity contribution in [3.05, 3.63) is 57.7 Å². The predicted octanol–water partition coefficient (Wildman–Crippen LogP) is 2.32. The zero-order valence-corrected chi connectivity index (χ0v) is 20.1. The van der Waals surface area contributed by atoms with Crippen molar-refractivity contribution in [2.75, 3.05) is 45.1 Å². The van der Waals surface area contributed by atoms with E-state index in [0.29, 0.717) is 54.7 Å². The van der Waals surface area contributed by atoms with Crippen LogP contribution in [-0.2, 0) is 27.8 Å². The first-order valence-electron chi connectivity index (χ1n) is 10.3. The molecule has 12 heteroatoms. The van der Waals surface area contributed by atoms with E-state index in [4.69, 9.17) is 9.29 Å². The Hall–Kier alpha value is -2.15. The van der Waals surface area contributed by atoms with Crippen molar-refractivity contribution in [3.8, 4) is 5.88 Å². The van der Waals surface area contributed by atoms with Crippen LogP contribution in [0.5, 0.6) is 5.88 Å². The summed E-state index contributed by atoms with van der Waals surface area (Å²) >= 11 is 3.25. The summed E-state index contributed by atoms with van der Waals surface area (Å²) in [6.45, 7) is 2.72. The second kappa shape index (κ2) is 11.3. The van der Waals surface area contributed by atoms with Crippen LogP contribution in [0.25, 0.3) is 0 Å². The molecule has 0 aliphatic carbocycles. The monoisotopic (exact) mass is 547 g/mol. The second-order valence-corrected chi connectivity index (χ2v) is 10.2. The van der Waals surface area contributed by atoms with Gasteiger partial charge in [-0.3, -0.25) is 14.2 Å². The summed E-state index contributed by atoms with van der Waals surface area (Å²) in [5.74, 6) is -2.29. The number of benzene rings is 1. The first kappa shape index (κ1) is 25.5. The molecule has 1 aromatic carbocycles. The van der Waals surface area contributed by atoms with Crippen molar-refractivity contribution in [1.82, 2.24) is 14.8 Å². The van der Waals surface area contributed by atoms with Gasteiger partial charge in [0.15, 0.2) is 18.2 Å². The van der Waals surface area contributed by atoms with Crippen LogP contribution in [0, 0.1) is 11.6 Å². The number of aromatic nitrogens is 1. The number of ether oxygens (including phenoxy) is 1. The highest BCUT2D eigenvalue weighted by atomic mass is 79.9. The normalized spacial score (nSPS) is 15.0. The Labute approximate surface area is 199 Å². The fourth-order valence-corrected chi connectivity index (χ4v) is 4.30. The lowest BCUT2D eigenvalue weighted by Crippen LogP contribution is -2.50. The molecule has 1 aliphatic rings. The summed E-state index contributed by atoms with van der Waals surface area (Å²) < 4.78 is 63.6. The topological polar surface area (TPSA) is 100 Å². The fourth-order valence-electron chi connectivity index (χ4n) is 3.44. The van der Waals surface area contributed by atoms with Gasteiger partial charge in [-0.15, -0.1) is 0 Å². The summed E-state index contributed by atoms with van der Waals surface area (Å²) in [6, 6.07) is 5.52. The highest BCUT2D eigenvalue weighted by Gasteiger charge is 2.22. The van der Waals surface area contributed by atoms with Crippen molar-refractivity contribution >= 4 is 32.0 Å². The minimum absolute atomic E-state index is 0.00851. The van der Waals surface area contributed by atoms with Crippen LogP contribution in [-0.4, -0.2) is 78.7 Å². The Morgan fingerprint density at radius 2 is 1.85 bits per heavy atom. The summed E-state index contributed by atoms with van der Waals surface area (Å²) in [5.41, 5.74) is 1.17. The maximum atomic E-state index is 13.3. The molecule has 2 aromatic rings. The molecule has 1 fully saturated rings. The number of carbonyl (C=O) groups is 1. The van der Waals surface area contributed by atoms with E-state index in [0.717, 1.165) is 6.07 Å². The van der Waals surface area contributed by atoms with E-state index in [-0.39, 0.29) is 24.8 Å². The van der Waals surface area contributed by atoms with Gasteiger partial charge in [0.05, 0.1) is 5.75 Å². The van der Waals surface area contributed by atoms with Gasteiger partial charge < -0.3 is 9.64 Å². The van der Waals surface area contributed by atoms with E-state index < -0.39 is 27.5 Å². The molecule has 3 rings (SSSR count). The van der Waals surface area contributed by atoms with Gasteiger partial charge in [-0.2, -0.15) is 8.42 Å². The lowest BCUT2D eigenvalue weighted by Gasteiger charge is -2.34. The zero-order chi connectivity index (χ0) is 24.0. The van der Waals surface area contributed by atoms with Crippen LogP contribution in [0.4, 0.5) is 8.78 Å². The maximum absolute atomic E-state index is 13.3. The number of piperazine rings is 1. The Morgan fingerprint density at radius 1 is 1.12 bits per heavy atom. The van der Waals surface area contributed by atoms with Gasteiger partial charge in [-0.25, -0.2) is 13.8 Å². The van der Waals surface area contributed by atoms with Crippen molar-refractivity contribution in [1.29, 1.82) is 0 Å². The molecule has 0 radical (unpaired) electrons. The Morgan fingerprint density at radius 3 is 2.52 bits per heavy atom. The van der Waals surface area contributed by atoms with E-state index in [9.17, 15) is 22.0 Å².